The van der Waals surface area contributed by atoms with Gasteiger partial charge in [0.05, 0.1) is 11.0 Å². The third-order valence-corrected chi connectivity index (χ3v) is 5.14. The summed E-state index contributed by atoms with van der Waals surface area (Å²) in [5, 5.41) is 2.84. The normalized spacial score (nSPS) is 18.3. The molecule has 0 aromatic heterocycles. The molecule has 0 bridgehead atoms. The first-order chi connectivity index (χ1) is 10.5. The molecule has 0 unspecified atom stereocenters. The quantitative estimate of drug-likeness (QED) is 0.788. The second kappa shape index (κ2) is 7.71. The van der Waals surface area contributed by atoms with Crippen molar-refractivity contribution in [2.45, 2.75) is 43.2 Å². The van der Waals surface area contributed by atoms with Crippen molar-refractivity contribution in [2.75, 3.05) is 13.7 Å². The van der Waals surface area contributed by atoms with Gasteiger partial charge in [-0.25, -0.2) is 13.1 Å². The van der Waals surface area contributed by atoms with Gasteiger partial charge in [0.2, 0.25) is 15.9 Å². The van der Waals surface area contributed by atoms with E-state index in [9.17, 15) is 13.2 Å². The van der Waals surface area contributed by atoms with Crippen molar-refractivity contribution < 1.29 is 17.9 Å². The van der Waals surface area contributed by atoms with Crippen LogP contribution in [0, 0.1) is 0 Å². The SMILES string of the molecule is CNS(=O)(=O)c1ccc(CNC(=O)CC[C@@H]2CCCO2)cc1. The molecule has 1 atom stereocenters. The van der Waals surface area contributed by atoms with E-state index >= 15 is 0 Å². The molecule has 2 rings (SSSR count). The summed E-state index contributed by atoms with van der Waals surface area (Å²) >= 11 is 0. The van der Waals surface area contributed by atoms with E-state index in [1.54, 1.807) is 12.1 Å². The zero-order valence-electron chi connectivity index (χ0n) is 12.7. The molecule has 1 aliphatic heterocycles. The van der Waals surface area contributed by atoms with Crippen LogP contribution in [-0.4, -0.2) is 34.1 Å². The van der Waals surface area contributed by atoms with E-state index in [0.29, 0.717) is 13.0 Å². The molecule has 1 heterocycles. The lowest BCUT2D eigenvalue weighted by molar-refractivity contribution is -0.121. The van der Waals surface area contributed by atoms with Crippen molar-refractivity contribution in [1.82, 2.24) is 10.0 Å². The molecule has 6 nitrogen and oxygen atoms in total. The van der Waals surface area contributed by atoms with Crippen LogP contribution in [-0.2, 0) is 26.1 Å². The van der Waals surface area contributed by atoms with E-state index in [1.807, 2.05) is 0 Å². The van der Waals surface area contributed by atoms with Crippen LogP contribution in [0.2, 0.25) is 0 Å². The summed E-state index contributed by atoms with van der Waals surface area (Å²) in [6, 6.07) is 6.45. The second-order valence-electron chi connectivity index (χ2n) is 5.30. The Kier molecular flexibility index (Phi) is 5.93. The van der Waals surface area contributed by atoms with E-state index in [1.165, 1.54) is 19.2 Å². The molecular formula is C15H22N2O4S. The van der Waals surface area contributed by atoms with Gasteiger partial charge in [-0.1, -0.05) is 12.1 Å². The van der Waals surface area contributed by atoms with Crippen molar-refractivity contribution >= 4 is 15.9 Å². The van der Waals surface area contributed by atoms with Crippen LogP contribution in [0.4, 0.5) is 0 Å². The number of hydrogen-bond acceptors (Lipinski definition) is 4. The third-order valence-electron chi connectivity index (χ3n) is 3.71. The van der Waals surface area contributed by atoms with Gasteiger partial charge in [-0.3, -0.25) is 4.79 Å². The number of benzene rings is 1. The highest BCUT2D eigenvalue weighted by Crippen LogP contribution is 2.16. The zero-order valence-corrected chi connectivity index (χ0v) is 13.5. The van der Waals surface area contributed by atoms with Crippen molar-refractivity contribution in [3.8, 4) is 0 Å². The molecule has 1 amide bonds. The van der Waals surface area contributed by atoms with E-state index in [2.05, 4.69) is 10.0 Å². The number of rotatable bonds is 7. The van der Waals surface area contributed by atoms with Crippen LogP contribution >= 0.6 is 0 Å². The molecule has 1 aromatic carbocycles. The fourth-order valence-corrected chi connectivity index (χ4v) is 3.09. The molecule has 0 saturated carbocycles. The van der Waals surface area contributed by atoms with Crippen LogP contribution in [0.25, 0.3) is 0 Å². The number of nitrogens with one attached hydrogen (secondary N) is 2. The van der Waals surface area contributed by atoms with Crippen molar-refractivity contribution in [3.05, 3.63) is 29.8 Å². The zero-order chi connectivity index (χ0) is 16.0. The fourth-order valence-electron chi connectivity index (χ4n) is 2.36. The second-order valence-corrected chi connectivity index (χ2v) is 7.19. The molecule has 0 radical (unpaired) electrons. The predicted molar refractivity (Wildman–Crippen MR) is 82.7 cm³/mol. The molecule has 1 aliphatic rings. The van der Waals surface area contributed by atoms with E-state index in [-0.39, 0.29) is 16.9 Å². The van der Waals surface area contributed by atoms with Gasteiger partial charge < -0.3 is 10.1 Å². The van der Waals surface area contributed by atoms with Gasteiger partial charge in [0, 0.05) is 19.6 Å². The van der Waals surface area contributed by atoms with Crippen LogP contribution in [0.1, 0.15) is 31.2 Å². The summed E-state index contributed by atoms with van der Waals surface area (Å²) in [4.78, 5) is 12.0. The summed E-state index contributed by atoms with van der Waals surface area (Å²) in [6.07, 6.45) is 3.54. The van der Waals surface area contributed by atoms with Gasteiger partial charge in [-0.2, -0.15) is 0 Å². The summed E-state index contributed by atoms with van der Waals surface area (Å²) in [5.74, 6) is -0.0116. The first kappa shape index (κ1) is 16.9. The summed E-state index contributed by atoms with van der Waals surface area (Å²) in [5.41, 5.74) is 0.862. The highest BCUT2D eigenvalue weighted by molar-refractivity contribution is 7.89. The highest BCUT2D eigenvalue weighted by atomic mass is 32.2. The Morgan fingerprint density at radius 2 is 2.05 bits per heavy atom. The standard InChI is InChI=1S/C15H22N2O4S/c1-16-22(19,20)14-7-4-12(5-8-14)11-17-15(18)9-6-13-3-2-10-21-13/h4-5,7-8,13,16H,2-3,6,9-11H2,1H3,(H,17,18)/t13-/m0/s1. The van der Waals surface area contributed by atoms with Gasteiger partial charge in [0.1, 0.15) is 0 Å². The lowest BCUT2D eigenvalue weighted by Crippen LogP contribution is -2.24. The van der Waals surface area contributed by atoms with Gasteiger partial charge in [-0.05, 0) is 44.0 Å². The summed E-state index contributed by atoms with van der Waals surface area (Å²) in [6.45, 7) is 1.19. The highest BCUT2D eigenvalue weighted by Gasteiger charge is 2.16. The monoisotopic (exact) mass is 326 g/mol. The molecule has 0 spiro atoms. The van der Waals surface area contributed by atoms with Gasteiger partial charge in [0.25, 0.3) is 0 Å². The third kappa shape index (κ3) is 4.79. The molecule has 1 aromatic rings. The smallest absolute Gasteiger partial charge is 0.240 e. The lowest BCUT2D eigenvalue weighted by Gasteiger charge is -2.10. The maximum atomic E-state index is 11.8. The first-order valence-electron chi connectivity index (χ1n) is 7.42. The topological polar surface area (TPSA) is 84.5 Å². The maximum Gasteiger partial charge on any atom is 0.240 e. The Morgan fingerprint density at radius 1 is 1.32 bits per heavy atom. The molecule has 1 fully saturated rings. The molecule has 0 aliphatic carbocycles. The minimum atomic E-state index is -3.42. The molecule has 7 heteroatoms. The first-order valence-corrected chi connectivity index (χ1v) is 8.90. The fraction of sp³-hybridized carbons (Fsp3) is 0.533. The Labute approximate surface area is 131 Å². The van der Waals surface area contributed by atoms with E-state index in [0.717, 1.165) is 31.4 Å². The minimum Gasteiger partial charge on any atom is -0.378 e. The average molecular weight is 326 g/mol. The maximum absolute atomic E-state index is 11.8. The Balaban J connectivity index is 1.77. The largest absolute Gasteiger partial charge is 0.378 e. The Morgan fingerprint density at radius 3 is 2.64 bits per heavy atom. The number of amides is 1. The van der Waals surface area contributed by atoms with Gasteiger partial charge in [-0.15, -0.1) is 0 Å². The molecular weight excluding hydrogens is 304 g/mol. The average Bonchev–Trinajstić information content (AvgIpc) is 3.05. The summed E-state index contributed by atoms with van der Waals surface area (Å²) in [7, 11) is -2.04. The van der Waals surface area contributed by atoms with Gasteiger partial charge in [0.15, 0.2) is 0 Å². The van der Waals surface area contributed by atoms with E-state index < -0.39 is 10.0 Å². The van der Waals surface area contributed by atoms with Crippen LogP contribution in [0.15, 0.2) is 29.2 Å². The lowest BCUT2D eigenvalue weighted by atomic mass is 10.1. The molecule has 1 saturated heterocycles. The Hall–Kier alpha value is -1.44. The minimum absolute atomic E-state index is 0.0116. The Bertz CT molecular complexity index is 592. The van der Waals surface area contributed by atoms with Gasteiger partial charge >= 0.3 is 0 Å². The molecule has 122 valence electrons. The van der Waals surface area contributed by atoms with Crippen molar-refractivity contribution in [3.63, 3.8) is 0 Å². The predicted octanol–water partition coefficient (Wildman–Crippen LogP) is 1.17. The van der Waals surface area contributed by atoms with E-state index in [4.69, 9.17) is 4.74 Å². The van der Waals surface area contributed by atoms with Crippen molar-refractivity contribution in [2.24, 2.45) is 0 Å². The van der Waals surface area contributed by atoms with Crippen LogP contribution < -0.4 is 10.0 Å². The number of sulfonamides is 1. The molecule has 2 N–H and O–H groups in total. The summed E-state index contributed by atoms with van der Waals surface area (Å²) < 4.78 is 30.9. The van der Waals surface area contributed by atoms with Crippen LogP contribution in [0.5, 0.6) is 0 Å². The van der Waals surface area contributed by atoms with Crippen LogP contribution in [0.3, 0.4) is 0 Å². The number of carbonyl (C=O) groups excluding carboxylic acids is 1. The molecule has 22 heavy (non-hydrogen) atoms. The van der Waals surface area contributed by atoms with Crippen molar-refractivity contribution in [1.29, 1.82) is 0 Å². The number of ether oxygens (including phenoxy) is 1. The number of hydrogen-bond donors (Lipinski definition) is 2. The number of carbonyl (C=O) groups is 1.